The highest BCUT2D eigenvalue weighted by molar-refractivity contribution is 8.00. The van der Waals surface area contributed by atoms with Crippen LogP contribution in [0.5, 0.6) is 0 Å². The number of thioether (sulfide) groups is 1. The SMILES string of the molecule is Cc1ccccc1C(=O)Nc1cccc(SC(C(=O)Nc2nc(-c3ccc(Cl)cc3)cs2)c2ccccc2)c1. The molecular formula is C31H24ClN3O2S2. The molecule has 39 heavy (non-hydrogen) atoms. The van der Waals surface area contributed by atoms with E-state index >= 15 is 0 Å². The van der Waals surface area contributed by atoms with E-state index in [1.54, 1.807) is 6.07 Å². The van der Waals surface area contributed by atoms with Gasteiger partial charge in [-0.05, 0) is 54.4 Å². The van der Waals surface area contributed by atoms with Crippen LogP contribution in [-0.4, -0.2) is 16.8 Å². The summed E-state index contributed by atoms with van der Waals surface area (Å²) in [7, 11) is 0. The van der Waals surface area contributed by atoms with Crippen LogP contribution in [0.4, 0.5) is 10.8 Å². The van der Waals surface area contributed by atoms with E-state index in [2.05, 4.69) is 15.6 Å². The van der Waals surface area contributed by atoms with Gasteiger partial charge in [0.1, 0.15) is 5.25 Å². The summed E-state index contributed by atoms with van der Waals surface area (Å²) in [6.45, 7) is 1.91. The number of rotatable bonds is 8. The standard InChI is InChI=1S/C31H24ClN3O2S2/c1-20-8-5-6-13-26(20)29(36)33-24-11-7-12-25(18-24)39-28(22-9-3-2-4-10-22)30(37)35-31-34-27(19-38-31)21-14-16-23(32)17-15-21/h2-19,28H,1H3,(H,33,36)(H,34,35,37). The minimum absolute atomic E-state index is 0.173. The van der Waals surface area contributed by atoms with Crippen molar-refractivity contribution in [2.75, 3.05) is 10.6 Å². The Morgan fingerprint density at radius 1 is 0.872 bits per heavy atom. The summed E-state index contributed by atoms with van der Waals surface area (Å²) in [5.41, 5.74) is 4.75. The summed E-state index contributed by atoms with van der Waals surface area (Å²) in [6.07, 6.45) is 0. The number of hydrogen-bond acceptors (Lipinski definition) is 5. The molecule has 1 heterocycles. The normalized spacial score (nSPS) is 11.5. The van der Waals surface area contributed by atoms with E-state index in [0.717, 1.165) is 27.3 Å². The summed E-state index contributed by atoms with van der Waals surface area (Å²) in [6, 6.07) is 32.0. The highest BCUT2D eigenvalue weighted by Crippen LogP contribution is 2.38. The number of nitrogens with one attached hydrogen (secondary N) is 2. The smallest absolute Gasteiger partial charge is 0.255 e. The minimum atomic E-state index is -0.531. The van der Waals surface area contributed by atoms with Gasteiger partial charge in [0, 0.05) is 32.1 Å². The van der Waals surface area contributed by atoms with E-state index < -0.39 is 5.25 Å². The number of anilines is 2. The third-order valence-corrected chi connectivity index (χ3v) is 8.21. The first kappa shape index (κ1) is 26.7. The second-order valence-electron chi connectivity index (χ2n) is 8.74. The molecule has 0 radical (unpaired) electrons. The fraction of sp³-hybridized carbons (Fsp3) is 0.0645. The lowest BCUT2D eigenvalue weighted by Crippen LogP contribution is -2.19. The maximum atomic E-state index is 13.5. The van der Waals surface area contributed by atoms with E-state index in [9.17, 15) is 9.59 Å². The number of carbonyl (C=O) groups excluding carboxylic acids is 2. The fourth-order valence-corrected chi connectivity index (χ4v) is 5.90. The summed E-state index contributed by atoms with van der Waals surface area (Å²) in [4.78, 5) is 31.8. The first-order chi connectivity index (χ1) is 19.0. The van der Waals surface area contributed by atoms with Crippen LogP contribution in [0, 0.1) is 6.92 Å². The van der Waals surface area contributed by atoms with Crippen LogP contribution in [-0.2, 0) is 4.79 Å². The Hall–Kier alpha value is -3.91. The Labute approximate surface area is 240 Å². The molecule has 0 aliphatic rings. The zero-order valence-electron chi connectivity index (χ0n) is 20.9. The van der Waals surface area contributed by atoms with Gasteiger partial charge in [-0.25, -0.2) is 4.98 Å². The number of carbonyl (C=O) groups is 2. The number of amides is 2. The second kappa shape index (κ2) is 12.3. The number of hydrogen-bond donors (Lipinski definition) is 2. The Kier molecular flexibility index (Phi) is 8.42. The lowest BCUT2D eigenvalue weighted by atomic mass is 10.1. The molecule has 0 saturated carbocycles. The van der Waals surface area contributed by atoms with Gasteiger partial charge < -0.3 is 10.6 Å². The molecular weight excluding hydrogens is 546 g/mol. The Morgan fingerprint density at radius 3 is 2.38 bits per heavy atom. The average Bonchev–Trinajstić information content (AvgIpc) is 3.41. The summed E-state index contributed by atoms with van der Waals surface area (Å²) in [5.74, 6) is -0.356. The summed E-state index contributed by atoms with van der Waals surface area (Å²) in [5, 5.41) is 8.51. The molecule has 194 valence electrons. The van der Waals surface area contributed by atoms with Crippen molar-refractivity contribution < 1.29 is 9.59 Å². The van der Waals surface area contributed by atoms with Crippen molar-refractivity contribution in [3.05, 3.63) is 130 Å². The van der Waals surface area contributed by atoms with Crippen LogP contribution in [0.2, 0.25) is 5.02 Å². The van der Waals surface area contributed by atoms with Gasteiger partial charge >= 0.3 is 0 Å². The van der Waals surface area contributed by atoms with Crippen LogP contribution in [0.1, 0.15) is 26.7 Å². The molecule has 0 aliphatic carbocycles. The van der Waals surface area contributed by atoms with Crippen molar-refractivity contribution >= 4 is 57.3 Å². The molecule has 0 aliphatic heterocycles. The predicted molar refractivity (Wildman–Crippen MR) is 162 cm³/mol. The molecule has 0 bridgehead atoms. The van der Waals surface area contributed by atoms with Crippen molar-refractivity contribution in [3.63, 3.8) is 0 Å². The topological polar surface area (TPSA) is 71.1 Å². The van der Waals surface area contributed by atoms with Crippen molar-refractivity contribution in [2.24, 2.45) is 0 Å². The van der Waals surface area contributed by atoms with Gasteiger partial charge in [-0.1, -0.05) is 78.3 Å². The molecule has 0 spiro atoms. The molecule has 0 fully saturated rings. The number of aromatic nitrogens is 1. The predicted octanol–water partition coefficient (Wildman–Crippen LogP) is 8.50. The van der Waals surface area contributed by atoms with Gasteiger partial charge in [0.2, 0.25) is 5.91 Å². The van der Waals surface area contributed by atoms with Gasteiger partial charge in [-0.3, -0.25) is 9.59 Å². The molecule has 8 heteroatoms. The molecule has 4 aromatic carbocycles. The quantitative estimate of drug-likeness (QED) is 0.184. The molecule has 1 aromatic heterocycles. The van der Waals surface area contributed by atoms with Crippen LogP contribution in [0.3, 0.4) is 0 Å². The number of nitrogens with zero attached hydrogens (tertiary/aromatic N) is 1. The fourth-order valence-electron chi connectivity index (χ4n) is 3.97. The van der Waals surface area contributed by atoms with Crippen molar-refractivity contribution in [2.45, 2.75) is 17.1 Å². The summed E-state index contributed by atoms with van der Waals surface area (Å²) < 4.78 is 0. The molecule has 5 rings (SSSR count). The van der Waals surface area contributed by atoms with Crippen LogP contribution >= 0.6 is 34.7 Å². The lowest BCUT2D eigenvalue weighted by molar-refractivity contribution is -0.115. The molecule has 0 saturated heterocycles. The van der Waals surface area contributed by atoms with Crippen molar-refractivity contribution in [3.8, 4) is 11.3 Å². The zero-order chi connectivity index (χ0) is 27.2. The van der Waals surface area contributed by atoms with Gasteiger partial charge in [-0.15, -0.1) is 23.1 Å². The molecule has 1 unspecified atom stereocenters. The van der Waals surface area contributed by atoms with Crippen molar-refractivity contribution in [1.29, 1.82) is 0 Å². The molecule has 2 N–H and O–H groups in total. The van der Waals surface area contributed by atoms with E-state index in [1.165, 1.54) is 23.1 Å². The zero-order valence-corrected chi connectivity index (χ0v) is 23.3. The number of thiazole rings is 1. The molecule has 5 aromatic rings. The third-order valence-electron chi connectivity index (χ3n) is 5.95. The number of aryl methyl sites for hydroxylation is 1. The number of halogens is 1. The van der Waals surface area contributed by atoms with Gasteiger partial charge in [0.15, 0.2) is 5.13 Å². The highest BCUT2D eigenvalue weighted by atomic mass is 35.5. The minimum Gasteiger partial charge on any atom is -0.322 e. The largest absolute Gasteiger partial charge is 0.322 e. The number of benzene rings is 4. The third kappa shape index (κ3) is 6.75. The lowest BCUT2D eigenvalue weighted by Gasteiger charge is -2.17. The maximum Gasteiger partial charge on any atom is 0.255 e. The van der Waals surface area contributed by atoms with Gasteiger partial charge in [0.25, 0.3) is 5.91 Å². The van der Waals surface area contributed by atoms with E-state index in [0.29, 0.717) is 21.4 Å². The first-order valence-electron chi connectivity index (χ1n) is 12.2. The Morgan fingerprint density at radius 2 is 1.62 bits per heavy atom. The van der Waals surface area contributed by atoms with E-state index in [-0.39, 0.29) is 11.8 Å². The van der Waals surface area contributed by atoms with Gasteiger partial charge in [0.05, 0.1) is 5.69 Å². The Balaban J connectivity index is 1.34. The molecule has 1 atom stereocenters. The van der Waals surface area contributed by atoms with Crippen molar-refractivity contribution in [1.82, 2.24) is 4.98 Å². The van der Waals surface area contributed by atoms with Crippen LogP contribution in [0.25, 0.3) is 11.3 Å². The highest BCUT2D eigenvalue weighted by Gasteiger charge is 2.23. The van der Waals surface area contributed by atoms with Crippen LogP contribution < -0.4 is 10.6 Å². The monoisotopic (exact) mass is 569 g/mol. The molecule has 5 nitrogen and oxygen atoms in total. The van der Waals surface area contributed by atoms with Gasteiger partial charge in [-0.2, -0.15) is 0 Å². The first-order valence-corrected chi connectivity index (χ1v) is 14.3. The maximum absolute atomic E-state index is 13.5. The van der Waals surface area contributed by atoms with E-state index in [4.69, 9.17) is 11.6 Å². The summed E-state index contributed by atoms with van der Waals surface area (Å²) >= 11 is 8.79. The second-order valence-corrected chi connectivity index (χ2v) is 11.2. The average molecular weight is 570 g/mol. The Bertz CT molecular complexity index is 1600. The van der Waals surface area contributed by atoms with Crippen LogP contribution in [0.15, 0.2) is 113 Å². The molecule has 2 amide bonds. The van der Waals surface area contributed by atoms with E-state index in [1.807, 2.05) is 109 Å².